The molecule has 0 radical (unpaired) electrons. The van der Waals surface area contributed by atoms with E-state index in [-0.39, 0.29) is 0 Å². The van der Waals surface area contributed by atoms with Crippen molar-refractivity contribution < 1.29 is 4.74 Å². The Balaban J connectivity index is 1.98. The largest absolute Gasteiger partial charge is 0.493 e. The quantitative estimate of drug-likeness (QED) is 0.599. The van der Waals surface area contributed by atoms with E-state index in [1.807, 2.05) is 0 Å². The van der Waals surface area contributed by atoms with Crippen LogP contribution in [0.3, 0.4) is 0 Å². The molecule has 1 unspecified atom stereocenters. The first-order valence-corrected chi connectivity index (χ1v) is 7.87. The summed E-state index contributed by atoms with van der Waals surface area (Å²) in [6.07, 6.45) is 3.62. The van der Waals surface area contributed by atoms with Crippen LogP contribution in [-0.4, -0.2) is 18.6 Å². The average Bonchev–Trinajstić information content (AvgIpc) is 3.28. The van der Waals surface area contributed by atoms with Crippen LogP contribution < -0.4 is 15.8 Å². The SMILES string of the molecule is CCC(C)NC(N)=NCc1ccc(C)cc1OCC1CC1. The molecule has 116 valence electrons. The Bertz CT molecular complexity index is 495. The van der Waals surface area contributed by atoms with E-state index >= 15 is 0 Å². The van der Waals surface area contributed by atoms with Gasteiger partial charge in [0.05, 0.1) is 13.2 Å². The summed E-state index contributed by atoms with van der Waals surface area (Å²) in [7, 11) is 0. The van der Waals surface area contributed by atoms with Crippen LogP contribution in [0.15, 0.2) is 23.2 Å². The maximum atomic E-state index is 5.95. The van der Waals surface area contributed by atoms with Crippen molar-refractivity contribution in [2.75, 3.05) is 6.61 Å². The third kappa shape index (κ3) is 5.29. The first-order valence-electron chi connectivity index (χ1n) is 7.87. The van der Waals surface area contributed by atoms with Crippen molar-refractivity contribution in [2.24, 2.45) is 16.6 Å². The lowest BCUT2D eigenvalue weighted by Gasteiger charge is -2.13. The molecule has 0 spiro atoms. The molecular formula is C17H27N3O. The predicted octanol–water partition coefficient (Wildman–Crippen LogP) is 2.99. The molecule has 1 aliphatic rings. The van der Waals surface area contributed by atoms with Gasteiger partial charge in [-0.1, -0.05) is 19.1 Å². The van der Waals surface area contributed by atoms with Crippen LogP contribution in [-0.2, 0) is 6.54 Å². The molecule has 1 saturated carbocycles. The van der Waals surface area contributed by atoms with Crippen molar-refractivity contribution in [1.29, 1.82) is 0 Å². The second-order valence-electron chi connectivity index (χ2n) is 6.02. The first-order chi connectivity index (χ1) is 10.1. The van der Waals surface area contributed by atoms with Crippen molar-refractivity contribution in [3.8, 4) is 5.75 Å². The second kappa shape index (κ2) is 7.34. The Kier molecular flexibility index (Phi) is 5.48. The number of aryl methyl sites for hydroxylation is 1. The van der Waals surface area contributed by atoms with Crippen LogP contribution in [0.4, 0.5) is 0 Å². The number of ether oxygens (including phenoxy) is 1. The van der Waals surface area contributed by atoms with Crippen LogP contribution in [0.5, 0.6) is 5.75 Å². The van der Waals surface area contributed by atoms with Gasteiger partial charge in [-0.25, -0.2) is 4.99 Å². The van der Waals surface area contributed by atoms with Crippen molar-refractivity contribution in [3.63, 3.8) is 0 Å². The number of rotatable bonds is 7. The summed E-state index contributed by atoms with van der Waals surface area (Å²) in [4.78, 5) is 4.42. The minimum absolute atomic E-state index is 0.345. The normalized spacial score (nSPS) is 16.6. The monoisotopic (exact) mass is 289 g/mol. The van der Waals surface area contributed by atoms with E-state index < -0.39 is 0 Å². The third-order valence-electron chi connectivity index (χ3n) is 3.82. The zero-order valence-electron chi connectivity index (χ0n) is 13.4. The van der Waals surface area contributed by atoms with Gasteiger partial charge in [-0.3, -0.25) is 0 Å². The van der Waals surface area contributed by atoms with Gasteiger partial charge in [0.1, 0.15) is 5.75 Å². The number of hydrogen-bond donors (Lipinski definition) is 2. The lowest BCUT2D eigenvalue weighted by molar-refractivity contribution is 0.296. The highest BCUT2D eigenvalue weighted by molar-refractivity contribution is 5.78. The predicted molar refractivity (Wildman–Crippen MR) is 87.6 cm³/mol. The molecule has 4 heteroatoms. The van der Waals surface area contributed by atoms with Gasteiger partial charge >= 0.3 is 0 Å². The lowest BCUT2D eigenvalue weighted by Crippen LogP contribution is -2.38. The zero-order valence-corrected chi connectivity index (χ0v) is 13.4. The van der Waals surface area contributed by atoms with Crippen molar-refractivity contribution in [1.82, 2.24) is 5.32 Å². The second-order valence-corrected chi connectivity index (χ2v) is 6.02. The number of hydrogen-bond acceptors (Lipinski definition) is 2. The zero-order chi connectivity index (χ0) is 15.2. The van der Waals surface area contributed by atoms with Gasteiger partial charge in [-0.15, -0.1) is 0 Å². The summed E-state index contributed by atoms with van der Waals surface area (Å²) >= 11 is 0. The Labute approximate surface area is 127 Å². The number of nitrogens with zero attached hydrogens (tertiary/aromatic N) is 1. The molecule has 0 bridgehead atoms. The van der Waals surface area contributed by atoms with Crippen LogP contribution in [0.25, 0.3) is 0 Å². The fourth-order valence-corrected chi connectivity index (χ4v) is 1.99. The Hall–Kier alpha value is -1.71. The molecule has 0 saturated heterocycles. The molecule has 1 aromatic carbocycles. The van der Waals surface area contributed by atoms with Crippen LogP contribution in [0, 0.1) is 12.8 Å². The van der Waals surface area contributed by atoms with Crippen LogP contribution in [0.1, 0.15) is 44.2 Å². The molecule has 4 nitrogen and oxygen atoms in total. The number of aliphatic imine (C=N–C) groups is 1. The molecular weight excluding hydrogens is 262 g/mol. The van der Waals surface area contributed by atoms with Gasteiger partial charge in [-0.05, 0) is 50.7 Å². The summed E-state index contributed by atoms with van der Waals surface area (Å²) in [6.45, 7) is 7.67. The summed E-state index contributed by atoms with van der Waals surface area (Å²) in [5.74, 6) is 2.19. The fraction of sp³-hybridized carbons (Fsp3) is 0.588. The Morgan fingerprint density at radius 3 is 2.90 bits per heavy atom. The molecule has 21 heavy (non-hydrogen) atoms. The molecule has 0 aromatic heterocycles. The topological polar surface area (TPSA) is 59.6 Å². The van der Waals surface area contributed by atoms with Crippen molar-refractivity contribution in [3.05, 3.63) is 29.3 Å². The molecule has 1 aliphatic carbocycles. The summed E-state index contributed by atoms with van der Waals surface area (Å²) in [6, 6.07) is 6.60. The maximum Gasteiger partial charge on any atom is 0.189 e. The van der Waals surface area contributed by atoms with Gasteiger partial charge in [0.25, 0.3) is 0 Å². The lowest BCUT2D eigenvalue weighted by atomic mass is 10.1. The van der Waals surface area contributed by atoms with Crippen LogP contribution in [0.2, 0.25) is 0 Å². The van der Waals surface area contributed by atoms with E-state index in [0.717, 1.165) is 30.3 Å². The van der Waals surface area contributed by atoms with E-state index in [9.17, 15) is 0 Å². The number of benzene rings is 1. The molecule has 2 rings (SSSR count). The molecule has 1 atom stereocenters. The summed E-state index contributed by atoms with van der Waals surface area (Å²) in [5, 5.41) is 3.18. The van der Waals surface area contributed by atoms with E-state index in [1.165, 1.54) is 18.4 Å². The Morgan fingerprint density at radius 1 is 1.48 bits per heavy atom. The van der Waals surface area contributed by atoms with Gasteiger partial charge in [0.2, 0.25) is 0 Å². The highest BCUT2D eigenvalue weighted by Gasteiger charge is 2.22. The number of nitrogens with one attached hydrogen (secondary N) is 1. The fourth-order valence-electron chi connectivity index (χ4n) is 1.99. The molecule has 0 amide bonds. The van der Waals surface area contributed by atoms with E-state index in [0.29, 0.717) is 18.5 Å². The molecule has 3 N–H and O–H groups in total. The van der Waals surface area contributed by atoms with Gasteiger partial charge in [0.15, 0.2) is 5.96 Å². The van der Waals surface area contributed by atoms with Gasteiger partial charge < -0.3 is 15.8 Å². The summed E-state index contributed by atoms with van der Waals surface area (Å²) in [5.41, 5.74) is 8.21. The average molecular weight is 289 g/mol. The third-order valence-corrected chi connectivity index (χ3v) is 3.82. The van der Waals surface area contributed by atoms with Crippen molar-refractivity contribution >= 4 is 5.96 Å². The highest BCUT2D eigenvalue weighted by Crippen LogP contribution is 2.30. The van der Waals surface area contributed by atoms with Crippen molar-refractivity contribution in [2.45, 2.75) is 52.6 Å². The van der Waals surface area contributed by atoms with E-state index in [1.54, 1.807) is 0 Å². The van der Waals surface area contributed by atoms with Gasteiger partial charge in [0, 0.05) is 11.6 Å². The maximum absolute atomic E-state index is 5.95. The van der Waals surface area contributed by atoms with E-state index in [2.05, 4.69) is 49.3 Å². The standard InChI is InChI=1S/C17H27N3O/c1-4-13(3)20-17(18)19-10-15-8-5-12(2)9-16(15)21-11-14-6-7-14/h5,8-9,13-14H,4,6-7,10-11H2,1-3H3,(H3,18,19,20). The highest BCUT2D eigenvalue weighted by atomic mass is 16.5. The number of guanidine groups is 1. The van der Waals surface area contributed by atoms with Gasteiger partial charge in [-0.2, -0.15) is 0 Å². The Morgan fingerprint density at radius 2 is 2.24 bits per heavy atom. The minimum atomic E-state index is 0.345. The molecule has 1 fully saturated rings. The van der Waals surface area contributed by atoms with E-state index in [4.69, 9.17) is 10.5 Å². The number of nitrogens with two attached hydrogens (primary N) is 1. The minimum Gasteiger partial charge on any atom is -0.493 e. The summed E-state index contributed by atoms with van der Waals surface area (Å²) < 4.78 is 5.95. The molecule has 0 aliphatic heterocycles. The molecule has 0 heterocycles. The van der Waals surface area contributed by atoms with Crippen LogP contribution >= 0.6 is 0 Å². The smallest absolute Gasteiger partial charge is 0.189 e. The molecule has 1 aromatic rings. The first kappa shape index (κ1) is 15.7.